The molecule has 2 aromatic rings. The molecule has 16 heavy (non-hydrogen) atoms. The van der Waals surface area contributed by atoms with Gasteiger partial charge >= 0.3 is 0 Å². The third-order valence-electron chi connectivity index (χ3n) is 2.42. The fourth-order valence-corrected chi connectivity index (χ4v) is 3.20. The van der Waals surface area contributed by atoms with Crippen molar-refractivity contribution in [1.29, 1.82) is 0 Å². The maximum absolute atomic E-state index is 2.29. The summed E-state index contributed by atoms with van der Waals surface area (Å²) in [5.41, 5.74) is 2.71. The van der Waals surface area contributed by atoms with Gasteiger partial charge < -0.3 is 0 Å². The molecule has 0 fully saturated rings. The van der Waals surface area contributed by atoms with E-state index in [1.165, 1.54) is 20.0 Å². The summed E-state index contributed by atoms with van der Waals surface area (Å²) in [7, 11) is 0. The van der Waals surface area contributed by atoms with Crippen LogP contribution in [0, 0.1) is 13.8 Å². The molecule has 0 heterocycles. The van der Waals surface area contributed by atoms with Crippen LogP contribution in [0.3, 0.4) is 0 Å². The Morgan fingerprint density at radius 3 is 1.56 bits per heavy atom. The smallest absolute Gasteiger partial charge is 0.147 e. The Kier molecular flexibility index (Phi) is 5.09. The highest BCUT2D eigenvalue weighted by molar-refractivity contribution is 6.67. The fraction of sp³-hybridized carbons (Fsp3) is 0.143. The van der Waals surface area contributed by atoms with Crippen molar-refractivity contribution in [1.82, 2.24) is 0 Å². The summed E-state index contributed by atoms with van der Waals surface area (Å²) < 4.78 is 2.95. The highest BCUT2D eigenvalue weighted by Crippen LogP contribution is 1.94. The van der Waals surface area contributed by atoms with Gasteiger partial charge in [0.05, 0.1) is 0 Å². The number of aryl methyl sites for hydroxylation is 2. The van der Waals surface area contributed by atoms with Crippen molar-refractivity contribution >= 4 is 36.5 Å². The summed E-state index contributed by atoms with van der Waals surface area (Å²) in [5.74, 6) is 0. The Bertz CT molecular complexity index is 422. The van der Waals surface area contributed by atoms with Gasteiger partial charge in [-0.15, -0.1) is 21.3 Å². The second kappa shape index (κ2) is 6.11. The first-order chi connectivity index (χ1) is 7.24. The molecular weight excluding hydrogens is 231 g/mol. The predicted molar refractivity (Wildman–Crippen MR) is 74.6 cm³/mol. The molecule has 0 bridgehead atoms. The van der Waals surface area contributed by atoms with E-state index in [2.05, 4.69) is 62.4 Å². The lowest BCUT2D eigenvalue weighted by molar-refractivity contribution is 1.49. The van der Waals surface area contributed by atoms with Crippen molar-refractivity contribution in [3.63, 3.8) is 0 Å². The van der Waals surface area contributed by atoms with Crippen LogP contribution in [0.2, 0.25) is 0 Å². The zero-order chi connectivity index (χ0) is 10.7. The van der Waals surface area contributed by atoms with E-state index in [9.17, 15) is 0 Å². The third kappa shape index (κ3) is 3.69. The zero-order valence-corrected chi connectivity index (χ0v) is 11.6. The molecule has 0 aliphatic heterocycles. The van der Waals surface area contributed by atoms with Crippen LogP contribution in [0.1, 0.15) is 11.1 Å². The summed E-state index contributed by atoms with van der Waals surface area (Å²) in [6, 6.07) is 17.6. The van der Waals surface area contributed by atoms with Gasteiger partial charge in [-0.2, -0.15) is 0 Å². The Hall–Kier alpha value is -0.738. The quantitative estimate of drug-likeness (QED) is 0.713. The Morgan fingerprint density at radius 1 is 0.750 bits per heavy atom. The van der Waals surface area contributed by atoms with Crippen LogP contribution in [0.25, 0.3) is 0 Å². The second-order valence-electron chi connectivity index (χ2n) is 3.97. The van der Waals surface area contributed by atoms with Gasteiger partial charge in [0.25, 0.3) is 15.2 Å². The van der Waals surface area contributed by atoms with E-state index < -0.39 is 0 Å². The summed E-state index contributed by atoms with van der Waals surface area (Å²) in [6.07, 6.45) is 0. The van der Waals surface area contributed by atoms with Crippen molar-refractivity contribution in [3.05, 3.63) is 59.7 Å². The molecule has 0 N–H and O–H groups in total. The monoisotopic (exact) mass is 245 g/mol. The van der Waals surface area contributed by atoms with Gasteiger partial charge in [0.2, 0.25) is 0 Å². The third-order valence-corrected chi connectivity index (χ3v) is 3.80. The molecular formula is C14H15AlCl. The van der Waals surface area contributed by atoms with Gasteiger partial charge in [0.1, 0.15) is 0 Å². The lowest BCUT2D eigenvalue weighted by atomic mass is 10.2. The molecule has 0 nitrogen and oxygen atoms in total. The van der Waals surface area contributed by atoms with E-state index >= 15 is 0 Å². The molecule has 0 unspecified atom stereocenters. The zero-order valence-electron chi connectivity index (χ0n) is 9.60. The van der Waals surface area contributed by atoms with Gasteiger partial charge in [-0.05, 0) is 13.8 Å². The standard InChI is InChI=1S/2C7H7.Al.ClH/c2*1-7-5-3-2-4-6-7;;/h2*2-3,5-6H,1H3;;1H. The highest BCUT2D eigenvalue weighted by Gasteiger charge is 1.99. The van der Waals surface area contributed by atoms with Crippen molar-refractivity contribution in [2.24, 2.45) is 0 Å². The SMILES string of the molecule is Cc1ccc[c]([Al][c]2cccc(C)c2)c1.Cl. The second-order valence-corrected chi connectivity index (χ2v) is 5.59. The summed E-state index contributed by atoms with van der Waals surface area (Å²) in [6.45, 7) is 4.30. The maximum atomic E-state index is 2.29. The van der Waals surface area contributed by atoms with E-state index in [1.807, 2.05) is 0 Å². The minimum atomic E-state index is 0. The number of rotatable bonds is 2. The van der Waals surface area contributed by atoms with Crippen LogP contribution < -0.4 is 8.85 Å². The number of halogens is 1. The van der Waals surface area contributed by atoms with Crippen LogP contribution >= 0.6 is 12.4 Å². The van der Waals surface area contributed by atoms with E-state index in [4.69, 9.17) is 0 Å². The minimum absolute atomic E-state index is 0. The molecule has 1 radical (unpaired) electrons. The van der Waals surface area contributed by atoms with Crippen molar-refractivity contribution in [2.45, 2.75) is 13.8 Å². The van der Waals surface area contributed by atoms with Crippen LogP contribution in [-0.4, -0.2) is 15.2 Å². The van der Waals surface area contributed by atoms with E-state index in [0.717, 1.165) is 0 Å². The molecule has 0 saturated heterocycles. The minimum Gasteiger partial charge on any atom is -0.147 e. The van der Waals surface area contributed by atoms with Crippen LogP contribution in [-0.2, 0) is 0 Å². The topological polar surface area (TPSA) is 0 Å². The molecule has 0 aliphatic rings. The first kappa shape index (κ1) is 13.3. The van der Waals surface area contributed by atoms with Crippen LogP contribution in [0.5, 0.6) is 0 Å². The molecule has 0 spiro atoms. The summed E-state index contributed by atoms with van der Waals surface area (Å²) in [5, 5.41) is 0. The normalized spacial score (nSPS) is 9.38. The Labute approximate surface area is 110 Å². The number of benzene rings is 2. The average Bonchev–Trinajstić information content (AvgIpc) is 2.17. The molecule has 0 saturated carbocycles. The number of hydrogen-bond donors (Lipinski definition) is 0. The van der Waals surface area contributed by atoms with Crippen molar-refractivity contribution in [3.8, 4) is 0 Å². The van der Waals surface area contributed by atoms with Crippen LogP contribution in [0.15, 0.2) is 48.5 Å². The molecule has 0 amide bonds. The Balaban J connectivity index is 0.00000128. The van der Waals surface area contributed by atoms with Gasteiger partial charge in [-0.25, -0.2) is 0 Å². The first-order valence-electron chi connectivity index (χ1n) is 5.22. The highest BCUT2D eigenvalue weighted by atomic mass is 35.5. The first-order valence-corrected chi connectivity index (χ1v) is 6.37. The van der Waals surface area contributed by atoms with Gasteiger partial charge in [0, 0.05) is 0 Å². The molecule has 81 valence electrons. The Morgan fingerprint density at radius 2 is 1.19 bits per heavy atom. The van der Waals surface area contributed by atoms with Crippen LogP contribution in [0.4, 0.5) is 0 Å². The average molecular weight is 246 g/mol. The molecule has 2 rings (SSSR count). The van der Waals surface area contributed by atoms with Gasteiger partial charge in [0.15, 0.2) is 0 Å². The fourth-order valence-electron chi connectivity index (χ4n) is 1.71. The molecule has 2 heteroatoms. The lowest BCUT2D eigenvalue weighted by Gasteiger charge is -2.02. The van der Waals surface area contributed by atoms with E-state index in [0.29, 0.717) is 0 Å². The van der Waals surface area contributed by atoms with E-state index in [-0.39, 0.29) is 27.6 Å². The molecule has 2 aromatic carbocycles. The maximum Gasteiger partial charge on any atom is 0.298 e. The largest absolute Gasteiger partial charge is 0.298 e. The van der Waals surface area contributed by atoms with E-state index in [1.54, 1.807) is 0 Å². The van der Waals surface area contributed by atoms with Crippen molar-refractivity contribution < 1.29 is 0 Å². The van der Waals surface area contributed by atoms with Crippen molar-refractivity contribution in [2.75, 3.05) is 0 Å². The lowest BCUT2D eigenvalue weighted by Crippen LogP contribution is -2.27. The number of hydrogen-bond acceptors (Lipinski definition) is 0. The predicted octanol–water partition coefficient (Wildman–Crippen LogP) is 2.38. The molecule has 0 aromatic heterocycles. The van der Waals surface area contributed by atoms with Gasteiger partial charge in [-0.3, -0.25) is 0 Å². The van der Waals surface area contributed by atoms with Gasteiger partial charge in [-0.1, -0.05) is 59.7 Å². The summed E-state index contributed by atoms with van der Waals surface area (Å²) in [4.78, 5) is 0. The molecule has 0 atom stereocenters. The summed E-state index contributed by atoms with van der Waals surface area (Å²) >= 11 is 0.246. The molecule has 0 aliphatic carbocycles.